The lowest BCUT2D eigenvalue weighted by Gasteiger charge is -2.25. The first-order chi connectivity index (χ1) is 6.09. The van der Waals surface area contributed by atoms with Gasteiger partial charge in [0.05, 0.1) is 0 Å². The van der Waals surface area contributed by atoms with Gasteiger partial charge in [0.15, 0.2) is 11.8 Å². The lowest BCUT2D eigenvalue weighted by Crippen LogP contribution is -3.00. The molecule has 0 bridgehead atoms. The summed E-state index contributed by atoms with van der Waals surface area (Å²) in [5.41, 5.74) is 3.09. The first-order valence-electron chi connectivity index (χ1n) is 4.75. The minimum Gasteiger partial charge on any atom is -1.00 e. The van der Waals surface area contributed by atoms with E-state index in [1.807, 2.05) is 0 Å². The summed E-state index contributed by atoms with van der Waals surface area (Å²) in [6.07, 6.45) is 3.37. The van der Waals surface area contributed by atoms with Crippen molar-refractivity contribution >= 4 is 6.21 Å². The molecule has 1 aromatic carbocycles. The van der Waals surface area contributed by atoms with Crippen LogP contribution in [0.4, 0.5) is 0 Å². The van der Waals surface area contributed by atoms with Gasteiger partial charge in [-0.3, -0.25) is 0 Å². The van der Waals surface area contributed by atoms with Crippen molar-refractivity contribution in [2.24, 2.45) is 0 Å². The molecule has 0 N–H and O–H groups in total. The van der Waals surface area contributed by atoms with E-state index >= 15 is 0 Å². The summed E-state index contributed by atoms with van der Waals surface area (Å²) in [5, 5.41) is 0. The highest BCUT2D eigenvalue weighted by atomic mass is 127. The van der Waals surface area contributed by atoms with Crippen LogP contribution >= 0.6 is 0 Å². The van der Waals surface area contributed by atoms with E-state index in [4.69, 9.17) is 0 Å². The number of rotatable bonds is 0. The van der Waals surface area contributed by atoms with Crippen LogP contribution in [0.1, 0.15) is 25.0 Å². The summed E-state index contributed by atoms with van der Waals surface area (Å²) in [7, 11) is 2.15. The Bertz CT molecular complexity index is 366. The highest BCUT2D eigenvalue weighted by Gasteiger charge is 2.31. The maximum atomic E-state index is 2.30. The minimum atomic E-state index is 0. The van der Waals surface area contributed by atoms with Gasteiger partial charge in [-0.1, -0.05) is 18.2 Å². The first-order valence-corrected chi connectivity index (χ1v) is 4.75. The van der Waals surface area contributed by atoms with E-state index in [0.717, 1.165) is 6.42 Å². The number of halogens is 1. The normalized spacial score (nSPS) is 17.8. The van der Waals surface area contributed by atoms with Gasteiger partial charge in [-0.25, -0.2) is 4.58 Å². The third-order valence-corrected chi connectivity index (χ3v) is 2.97. The van der Waals surface area contributed by atoms with Crippen LogP contribution < -0.4 is 24.0 Å². The molecule has 1 aliphatic heterocycles. The summed E-state index contributed by atoms with van der Waals surface area (Å²) in [6, 6.07) is 8.62. The van der Waals surface area contributed by atoms with Crippen LogP contribution in [0.2, 0.25) is 0 Å². The van der Waals surface area contributed by atoms with Gasteiger partial charge in [0, 0.05) is 25.8 Å². The van der Waals surface area contributed by atoms with Gasteiger partial charge in [-0.15, -0.1) is 0 Å². The number of benzene rings is 1. The Kier molecular flexibility index (Phi) is 3.35. The zero-order chi connectivity index (χ0) is 9.47. The molecular formula is C12H16IN. The molecule has 0 aromatic heterocycles. The molecule has 0 aliphatic carbocycles. The lowest BCUT2D eigenvalue weighted by molar-refractivity contribution is -0.572. The van der Waals surface area contributed by atoms with Gasteiger partial charge in [-0.05, 0) is 11.6 Å². The van der Waals surface area contributed by atoms with Crippen molar-refractivity contribution in [1.82, 2.24) is 0 Å². The van der Waals surface area contributed by atoms with Crippen molar-refractivity contribution in [2.45, 2.75) is 25.8 Å². The zero-order valence-corrected chi connectivity index (χ0v) is 11.1. The number of hydrogen-bond acceptors (Lipinski definition) is 0. The first kappa shape index (κ1) is 11.7. The standard InChI is InChI=1S/C12H16N.HI/c1-12(2)8-10-6-4-5-7-11(10)9-13(12)3;/h4-7,9H,8H2,1-3H3;1H/q+1;/p-1. The summed E-state index contributed by atoms with van der Waals surface area (Å²) in [4.78, 5) is 0. The minimum absolute atomic E-state index is 0. The molecule has 0 radical (unpaired) electrons. The quantitative estimate of drug-likeness (QED) is 0.431. The van der Waals surface area contributed by atoms with Crippen molar-refractivity contribution in [3.63, 3.8) is 0 Å². The fourth-order valence-corrected chi connectivity index (χ4v) is 1.80. The molecule has 1 aliphatic rings. The largest absolute Gasteiger partial charge is 1.00 e. The third kappa shape index (κ3) is 2.00. The molecule has 0 saturated carbocycles. The van der Waals surface area contributed by atoms with Crippen LogP contribution in [0, 0.1) is 0 Å². The van der Waals surface area contributed by atoms with Crippen LogP contribution in [0.15, 0.2) is 24.3 Å². The smallest absolute Gasteiger partial charge is 0.171 e. The molecule has 0 saturated heterocycles. The van der Waals surface area contributed by atoms with Crippen molar-refractivity contribution < 1.29 is 28.6 Å². The summed E-state index contributed by atoms with van der Waals surface area (Å²) < 4.78 is 2.30. The average Bonchev–Trinajstić information content (AvgIpc) is 2.06. The molecule has 0 fully saturated rings. The molecule has 2 heteroatoms. The van der Waals surface area contributed by atoms with E-state index in [1.165, 1.54) is 11.1 Å². The molecule has 14 heavy (non-hydrogen) atoms. The zero-order valence-electron chi connectivity index (χ0n) is 8.92. The second-order valence-electron chi connectivity index (χ2n) is 4.43. The molecule has 0 atom stereocenters. The van der Waals surface area contributed by atoms with Crippen LogP contribution in [-0.2, 0) is 6.42 Å². The fourth-order valence-electron chi connectivity index (χ4n) is 1.80. The van der Waals surface area contributed by atoms with Crippen LogP contribution in [0.25, 0.3) is 0 Å². The van der Waals surface area contributed by atoms with Crippen molar-refractivity contribution in [3.05, 3.63) is 35.4 Å². The van der Waals surface area contributed by atoms with Crippen molar-refractivity contribution in [3.8, 4) is 0 Å². The molecule has 0 unspecified atom stereocenters. The highest BCUT2D eigenvalue weighted by molar-refractivity contribution is 5.79. The van der Waals surface area contributed by atoms with Crippen LogP contribution in [-0.4, -0.2) is 23.4 Å². The third-order valence-electron chi connectivity index (χ3n) is 2.97. The average molecular weight is 301 g/mol. The van der Waals surface area contributed by atoms with E-state index in [9.17, 15) is 0 Å². The van der Waals surface area contributed by atoms with Gasteiger partial charge in [-0.2, -0.15) is 0 Å². The molecule has 0 spiro atoms. The Morgan fingerprint density at radius 1 is 1.21 bits per heavy atom. The van der Waals surface area contributed by atoms with Gasteiger partial charge >= 0.3 is 0 Å². The number of likely N-dealkylation sites (N-methyl/N-ethyl adjacent to an activating group) is 1. The molecule has 1 heterocycles. The van der Waals surface area contributed by atoms with E-state index in [2.05, 4.69) is 56.0 Å². The maximum absolute atomic E-state index is 2.30. The van der Waals surface area contributed by atoms with E-state index < -0.39 is 0 Å². The molecule has 1 nitrogen and oxygen atoms in total. The van der Waals surface area contributed by atoms with Gasteiger partial charge in [0.1, 0.15) is 7.05 Å². The summed E-state index contributed by atoms with van der Waals surface area (Å²) in [6.45, 7) is 4.55. The predicted octanol–water partition coefficient (Wildman–Crippen LogP) is -0.913. The Hall–Kier alpha value is -0.380. The van der Waals surface area contributed by atoms with Gasteiger partial charge < -0.3 is 24.0 Å². The Labute approximate surface area is 103 Å². The Morgan fingerprint density at radius 3 is 2.57 bits per heavy atom. The van der Waals surface area contributed by atoms with Crippen LogP contribution in [0.5, 0.6) is 0 Å². The summed E-state index contributed by atoms with van der Waals surface area (Å²) in [5.74, 6) is 0. The fraction of sp³-hybridized carbons (Fsp3) is 0.417. The number of nitrogens with zero attached hydrogens (tertiary/aromatic N) is 1. The van der Waals surface area contributed by atoms with E-state index in [0.29, 0.717) is 0 Å². The molecular weight excluding hydrogens is 285 g/mol. The van der Waals surface area contributed by atoms with Crippen LogP contribution in [0.3, 0.4) is 0 Å². The number of hydrogen-bond donors (Lipinski definition) is 0. The molecule has 1 aromatic rings. The second kappa shape index (κ2) is 4.01. The monoisotopic (exact) mass is 301 g/mol. The summed E-state index contributed by atoms with van der Waals surface area (Å²) >= 11 is 0. The van der Waals surface area contributed by atoms with Crippen molar-refractivity contribution in [2.75, 3.05) is 7.05 Å². The van der Waals surface area contributed by atoms with Crippen molar-refractivity contribution in [1.29, 1.82) is 0 Å². The molecule has 2 rings (SSSR count). The maximum Gasteiger partial charge on any atom is 0.171 e. The predicted molar refractivity (Wildman–Crippen MR) is 55.6 cm³/mol. The van der Waals surface area contributed by atoms with E-state index in [1.54, 1.807) is 0 Å². The molecule has 0 amide bonds. The Morgan fingerprint density at radius 2 is 1.86 bits per heavy atom. The lowest BCUT2D eigenvalue weighted by atomic mass is 9.89. The highest BCUT2D eigenvalue weighted by Crippen LogP contribution is 2.22. The van der Waals surface area contributed by atoms with Gasteiger partial charge in [0.2, 0.25) is 0 Å². The SMILES string of the molecule is C[N+]1=Cc2ccccc2CC1(C)C.[I-]. The Balaban J connectivity index is 0.000000980. The second-order valence-corrected chi connectivity index (χ2v) is 4.43. The van der Waals surface area contributed by atoms with Gasteiger partial charge in [0.25, 0.3) is 0 Å². The molecule has 76 valence electrons. The number of fused-ring (bicyclic) bond motifs is 1. The van der Waals surface area contributed by atoms with E-state index in [-0.39, 0.29) is 29.5 Å². The topological polar surface area (TPSA) is 3.01 Å².